The average molecular weight is 509 g/mol. The largest absolute Gasteiger partial charge is 0.497 e. The highest BCUT2D eigenvalue weighted by molar-refractivity contribution is 5.99. The number of ether oxygens (including phenoxy) is 2. The van der Waals surface area contributed by atoms with Crippen molar-refractivity contribution in [1.82, 2.24) is 20.9 Å². The third kappa shape index (κ3) is 5.41. The minimum atomic E-state index is -1.21. The monoisotopic (exact) mass is 508 g/mol. The minimum Gasteiger partial charge on any atom is -0.497 e. The second kappa shape index (κ2) is 10.7. The van der Waals surface area contributed by atoms with E-state index in [4.69, 9.17) is 13.9 Å². The molecule has 4 rings (SSSR count). The molecular formula is C26H28N4O7. The summed E-state index contributed by atoms with van der Waals surface area (Å²) >= 11 is 0. The van der Waals surface area contributed by atoms with Crippen LogP contribution in [0, 0.1) is 0 Å². The third-order valence-electron chi connectivity index (χ3n) is 6.20. The number of carbonyl (C=O) groups excluding carboxylic acids is 4. The highest BCUT2D eigenvalue weighted by Gasteiger charge is 2.39. The van der Waals surface area contributed by atoms with Crippen molar-refractivity contribution in [2.75, 3.05) is 33.9 Å². The predicted octanol–water partition coefficient (Wildman–Crippen LogP) is 2.14. The summed E-state index contributed by atoms with van der Waals surface area (Å²) in [6, 6.07) is 11.3. The number of amides is 5. The van der Waals surface area contributed by atoms with Gasteiger partial charge in [-0.2, -0.15) is 0 Å². The fourth-order valence-corrected chi connectivity index (χ4v) is 4.31. The summed E-state index contributed by atoms with van der Waals surface area (Å²) < 4.78 is 16.3. The first-order valence-corrected chi connectivity index (χ1v) is 11.6. The first-order valence-electron chi connectivity index (χ1n) is 11.6. The lowest BCUT2D eigenvalue weighted by Crippen LogP contribution is -2.53. The lowest BCUT2D eigenvalue weighted by atomic mass is 9.97. The molecule has 194 valence electrons. The maximum absolute atomic E-state index is 13.2. The highest BCUT2D eigenvalue weighted by Crippen LogP contribution is 2.33. The van der Waals surface area contributed by atoms with Crippen LogP contribution in [0.5, 0.6) is 5.75 Å². The number of urea groups is 1. The number of fused-ring (bicyclic) bond motifs is 2. The van der Waals surface area contributed by atoms with Crippen molar-refractivity contribution in [3.63, 3.8) is 0 Å². The van der Waals surface area contributed by atoms with E-state index in [1.165, 1.54) is 7.11 Å². The van der Waals surface area contributed by atoms with Gasteiger partial charge in [-0.1, -0.05) is 12.1 Å². The lowest BCUT2D eigenvalue weighted by molar-refractivity contribution is -0.108. The fourth-order valence-electron chi connectivity index (χ4n) is 4.31. The fraction of sp³-hybridized carbons (Fsp3) is 0.308. The quantitative estimate of drug-likeness (QED) is 0.282. The maximum atomic E-state index is 13.2. The Labute approximate surface area is 213 Å². The molecule has 5 amide bonds. The summed E-state index contributed by atoms with van der Waals surface area (Å²) in [5, 5.41) is 8.28. The van der Waals surface area contributed by atoms with Gasteiger partial charge in [0.15, 0.2) is 0 Å². The zero-order chi connectivity index (χ0) is 26.6. The van der Waals surface area contributed by atoms with Crippen LogP contribution >= 0.6 is 0 Å². The Balaban J connectivity index is 1.63. The first kappa shape index (κ1) is 25.7. The Morgan fingerprint density at radius 2 is 1.97 bits per heavy atom. The van der Waals surface area contributed by atoms with Gasteiger partial charge in [0, 0.05) is 36.7 Å². The van der Waals surface area contributed by atoms with Gasteiger partial charge in [-0.15, -0.1) is 0 Å². The van der Waals surface area contributed by atoms with E-state index in [0.717, 1.165) is 5.56 Å². The van der Waals surface area contributed by atoms with E-state index in [9.17, 15) is 19.2 Å². The molecule has 0 fully saturated rings. The average Bonchev–Trinajstić information content (AvgIpc) is 3.45. The summed E-state index contributed by atoms with van der Waals surface area (Å²) in [5.74, 6) is 0.421. The standard InChI is InChI=1S/C26H28N4O7/c1-26(29-25(34)28-15-31,14-30-13-18-6-7-19(36-3)12-20(18)24(30)33)22-11-16-4-5-17(10-21(16)37-22)23(32)27-8-9-35-2/h4-7,10-12,15H,8-9,13-14H2,1-3H3,(H,27,32)(H2,28,29,31,34)/t26-/m0/s1. The number of rotatable bonds is 10. The molecule has 2 heterocycles. The number of nitrogens with one attached hydrogen (secondary N) is 3. The topological polar surface area (TPSA) is 139 Å². The molecule has 1 aromatic heterocycles. The van der Waals surface area contributed by atoms with E-state index in [2.05, 4.69) is 16.0 Å². The van der Waals surface area contributed by atoms with Crippen molar-refractivity contribution in [3.05, 3.63) is 64.9 Å². The number of furan rings is 1. The van der Waals surface area contributed by atoms with Gasteiger partial charge in [0.2, 0.25) is 6.41 Å². The number of hydrogen-bond donors (Lipinski definition) is 3. The summed E-state index contributed by atoms with van der Waals surface area (Å²) in [6.07, 6.45) is 0.270. The normalized spacial score (nSPS) is 14.1. The van der Waals surface area contributed by atoms with E-state index < -0.39 is 11.6 Å². The van der Waals surface area contributed by atoms with Crippen LogP contribution in [0.15, 0.2) is 46.9 Å². The van der Waals surface area contributed by atoms with Gasteiger partial charge in [0.05, 0.1) is 20.3 Å². The van der Waals surface area contributed by atoms with Gasteiger partial charge in [-0.25, -0.2) is 4.79 Å². The number of imide groups is 1. The molecule has 1 aliphatic heterocycles. The Kier molecular flexibility index (Phi) is 7.44. The van der Waals surface area contributed by atoms with Crippen molar-refractivity contribution >= 4 is 35.2 Å². The summed E-state index contributed by atoms with van der Waals surface area (Å²) in [4.78, 5) is 50.5. The van der Waals surface area contributed by atoms with Crippen molar-refractivity contribution in [2.24, 2.45) is 0 Å². The number of nitrogens with zero attached hydrogens (tertiary/aromatic N) is 1. The first-order chi connectivity index (χ1) is 17.8. The minimum absolute atomic E-state index is 0.0549. The van der Waals surface area contributed by atoms with Crippen molar-refractivity contribution in [1.29, 1.82) is 0 Å². The van der Waals surface area contributed by atoms with Gasteiger partial charge in [-0.3, -0.25) is 19.7 Å². The van der Waals surface area contributed by atoms with Crippen LogP contribution in [0.2, 0.25) is 0 Å². The maximum Gasteiger partial charge on any atom is 0.322 e. The van der Waals surface area contributed by atoms with Gasteiger partial charge in [0.25, 0.3) is 11.8 Å². The van der Waals surface area contributed by atoms with E-state index >= 15 is 0 Å². The Morgan fingerprint density at radius 3 is 2.70 bits per heavy atom. The second-order valence-corrected chi connectivity index (χ2v) is 8.84. The van der Waals surface area contributed by atoms with Crippen LogP contribution in [-0.4, -0.2) is 63.1 Å². The molecule has 0 aliphatic carbocycles. The number of carbonyl (C=O) groups is 4. The van der Waals surface area contributed by atoms with Crippen LogP contribution in [0.4, 0.5) is 4.79 Å². The summed E-state index contributed by atoms with van der Waals surface area (Å²) in [5.41, 5.74) is 0.970. The van der Waals surface area contributed by atoms with Crippen molar-refractivity contribution < 1.29 is 33.1 Å². The third-order valence-corrected chi connectivity index (χ3v) is 6.20. The smallest absolute Gasteiger partial charge is 0.322 e. The van der Waals surface area contributed by atoms with Crippen molar-refractivity contribution in [2.45, 2.75) is 19.0 Å². The van der Waals surface area contributed by atoms with E-state index in [1.54, 1.807) is 55.3 Å². The molecule has 3 N–H and O–H groups in total. The van der Waals surface area contributed by atoms with Crippen LogP contribution in [0.1, 0.15) is 39.0 Å². The molecule has 11 nitrogen and oxygen atoms in total. The van der Waals surface area contributed by atoms with Gasteiger partial charge < -0.3 is 29.4 Å². The molecule has 0 saturated carbocycles. The zero-order valence-electron chi connectivity index (χ0n) is 20.8. The predicted molar refractivity (Wildman–Crippen MR) is 133 cm³/mol. The van der Waals surface area contributed by atoms with E-state index in [0.29, 0.717) is 53.3 Å². The van der Waals surface area contributed by atoms with Gasteiger partial charge in [-0.05, 0) is 42.8 Å². The molecule has 3 aromatic rings. The molecule has 0 spiro atoms. The van der Waals surface area contributed by atoms with Crippen molar-refractivity contribution in [3.8, 4) is 5.75 Å². The van der Waals surface area contributed by atoms with Gasteiger partial charge in [0.1, 0.15) is 22.6 Å². The molecule has 2 aromatic carbocycles. The SMILES string of the molecule is COCCNC(=O)c1ccc2cc([C@](C)(CN3Cc4ccc(OC)cc4C3=O)NC(=O)NC=O)oc2c1. The molecule has 0 saturated heterocycles. The number of benzene rings is 2. The van der Waals surface area contributed by atoms with E-state index in [-0.39, 0.29) is 24.8 Å². The van der Waals surface area contributed by atoms with Crippen LogP contribution in [0.25, 0.3) is 11.0 Å². The van der Waals surface area contributed by atoms with Crippen LogP contribution in [-0.2, 0) is 21.6 Å². The van der Waals surface area contributed by atoms with E-state index in [1.807, 2.05) is 6.07 Å². The van der Waals surface area contributed by atoms with Crippen LogP contribution < -0.4 is 20.7 Å². The molecule has 37 heavy (non-hydrogen) atoms. The summed E-state index contributed by atoms with van der Waals surface area (Å²) in [6.45, 7) is 2.83. The molecule has 0 unspecified atom stereocenters. The molecule has 11 heteroatoms. The Bertz CT molecular complexity index is 1350. The number of methoxy groups -OCH3 is 2. The molecular weight excluding hydrogens is 480 g/mol. The Morgan fingerprint density at radius 1 is 1.16 bits per heavy atom. The molecule has 0 radical (unpaired) electrons. The second-order valence-electron chi connectivity index (χ2n) is 8.84. The number of hydrogen-bond acceptors (Lipinski definition) is 7. The Hall–Kier alpha value is -4.38. The molecule has 0 bridgehead atoms. The molecule has 1 aliphatic rings. The summed E-state index contributed by atoms with van der Waals surface area (Å²) in [7, 11) is 3.08. The van der Waals surface area contributed by atoms with Gasteiger partial charge >= 0.3 is 6.03 Å². The lowest BCUT2D eigenvalue weighted by Gasteiger charge is -2.32. The zero-order valence-corrected chi connectivity index (χ0v) is 20.8. The molecule has 1 atom stereocenters. The highest BCUT2D eigenvalue weighted by atomic mass is 16.5. The van der Waals surface area contributed by atoms with Crippen LogP contribution in [0.3, 0.4) is 0 Å².